The number of likely N-dealkylation sites (tertiary alicyclic amines) is 1. The van der Waals surface area contributed by atoms with E-state index in [1.54, 1.807) is 11.1 Å². The standard InChI is InChI=1S/C23H29N5O3/c1-3-21(29)25-18-13-20(26(2)15-18)23(31)28-10-8-27(9-11-28)22(30)17-12-16-6-4-5-7-19(16)24-14-17/h4-7,12,14,18,20H,3,8-11,13,15H2,1-2H3,(H,25,29). The number of fused-ring (bicyclic) bond motifs is 1. The van der Waals surface area contributed by atoms with Crippen molar-refractivity contribution in [2.24, 2.45) is 0 Å². The lowest BCUT2D eigenvalue weighted by molar-refractivity contribution is -0.137. The Morgan fingerprint density at radius 2 is 1.81 bits per heavy atom. The van der Waals surface area contributed by atoms with Crippen molar-refractivity contribution in [3.63, 3.8) is 0 Å². The third-order valence-corrected chi connectivity index (χ3v) is 6.24. The van der Waals surface area contributed by atoms with Gasteiger partial charge in [-0.2, -0.15) is 0 Å². The molecule has 1 N–H and O–H groups in total. The second-order valence-corrected chi connectivity index (χ2v) is 8.34. The molecular weight excluding hydrogens is 394 g/mol. The quantitative estimate of drug-likeness (QED) is 0.797. The molecule has 3 amide bonds. The number of rotatable bonds is 4. The lowest BCUT2D eigenvalue weighted by Gasteiger charge is -2.36. The molecule has 1 aromatic carbocycles. The van der Waals surface area contributed by atoms with E-state index in [4.69, 9.17) is 0 Å². The molecule has 8 heteroatoms. The molecule has 0 spiro atoms. The molecule has 0 radical (unpaired) electrons. The van der Waals surface area contributed by atoms with Crippen LogP contribution in [0.1, 0.15) is 30.1 Å². The van der Waals surface area contributed by atoms with Gasteiger partial charge in [-0.05, 0) is 25.6 Å². The van der Waals surface area contributed by atoms with Gasteiger partial charge in [0.05, 0.1) is 17.1 Å². The molecule has 2 unspecified atom stereocenters. The van der Waals surface area contributed by atoms with Crippen LogP contribution in [0.15, 0.2) is 36.5 Å². The van der Waals surface area contributed by atoms with Crippen LogP contribution >= 0.6 is 0 Å². The van der Waals surface area contributed by atoms with Gasteiger partial charge in [0, 0.05) is 56.8 Å². The second-order valence-electron chi connectivity index (χ2n) is 8.34. The molecule has 164 valence electrons. The molecular formula is C23H29N5O3. The Labute approximate surface area is 182 Å². The number of likely N-dealkylation sites (N-methyl/N-ethyl adjacent to an activating group) is 1. The van der Waals surface area contributed by atoms with Crippen LogP contribution in [-0.2, 0) is 9.59 Å². The Hall–Kier alpha value is -3.00. The van der Waals surface area contributed by atoms with Crippen molar-refractivity contribution in [3.8, 4) is 0 Å². The van der Waals surface area contributed by atoms with E-state index in [2.05, 4.69) is 10.3 Å². The number of amides is 3. The summed E-state index contributed by atoms with van der Waals surface area (Å²) in [5.74, 6) is 0.0442. The zero-order valence-electron chi connectivity index (χ0n) is 18.1. The van der Waals surface area contributed by atoms with E-state index in [1.807, 2.05) is 54.1 Å². The van der Waals surface area contributed by atoms with Gasteiger partial charge in [-0.3, -0.25) is 24.3 Å². The number of pyridine rings is 1. The van der Waals surface area contributed by atoms with E-state index < -0.39 is 0 Å². The van der Waals surface area contributed by atoms with Crippen LogP contribution in [0.25, 0.3) is 10.9 Å². The van der Waals surface area contributed by atoms with Gasteiger partial charge in [-0.15, -0.1) is 0 Å². The average Bonchev–Trinajstić information content (AvgIpc) is 3.17. The van der Waals surface area contributed by atoms with Gasteiger partial charge < -0.3 is 15.1 Å². The minimum Gasteiger partial charge on any atom is -0.352 e. The predicted molar refractivity (Wildman–Crippen MR) is 117 cm³/mol. The highest BCUT2D eigenvalue weighted by Crippen LogP contribution is 2.20. The maximum atomic E-state index is 13.1. The third-order valence-electron chi connectivity index (χ3n) is 6.24. The maximum absolute atomic E-state index is 13.1. The molecule has 0 aliphatic carbocycles. The normalized spacial score (nSPS) is 22.0. The van der Waals surface area contributed by atoms with E-state index in [9.17, 15) is 14.4 Å². The minimum atomic E-state index is -0.228. The van der Waals surface area contributed by atoms with Crippen molar-refractivity contribution in [2.75, 3.05) is 39.8 Å². The SMILES string of the molecule is CCC(=O)NC1CC(C(=O)N2CCN(C(=O)c3cnc4ccccc4c3)CC2)N(C)C1. The van der Waals surface area contributed by atoms with Crippen LogP contribution in [0, 0.1) is 0 Å². The number of aromatic nitrogens is 1. The summed E-state index contributed by atoms with van der Waals surface area (Å²) in [6.45, 7) is 4.54. The zero-order chi connectivity index (χ0) is 22.0. The molecule has 2 aliphatic heterocycles. The highest BCUT2D eigenvalue weighted by Gasteiger charge is 2.38. The number of piperazine rings is 1. The first-order valence-corrected chi connectivity index (χ1v) is 10.9. The summed E-state index contributed by atoms with van der Waals surface area (Å²) in [6.07, 6.45) is 2.70. The molecule has 2 fully saturated rings. The monoisotopic (exact) mass is 423 g/mol. The summed E-state index contributed by atoms with van der Waals surface area (Å²) in [5, 5.41) is 3.93. The molecule has 0 bridgehead atoms. The number of carbonyl (C=O) groups is 3. The number of benzene rings is 1. The second kappa shape index (κ2) is 9.01. The van der Waals surface area contributed by atoms with Crippen molar-refractivity contribution in [1.29, 1.82) is 0 Å². The summed E-state index contributed by atoms with van der Waals surface area (Å²) in [5.41, 5.74) is 1.44. The average molecular weight is 424 g/mol. The maximum Gasteiger partial charge on any atom is 0.255 e. The molecule has 2 aromatic rings. The molecule has 0 saturated carbocycles. The van der Waals surface area contributed by atoms with Crippen LogP contribution in [0.5, 0.6) is 0 Å². The van der Waals surface area contributed by atoms with Crippen LogP contribution < -0.4 is 5.32 Å². The molecule has 4 rings (SSSR count). The summed E-state index contributed by atoms with van der Waals surface area (Å²) >= 11 is 0. The van der Waals surface area contributed by atoms with Gasteiger partial charge in [0.25, 0.3) is 5.91 Å². The lowest BCUT2D eigenvalue weighted by Crippen LogP contribution is -2.54. The van der Waals surface area contributed by atoms with E-state index in [0.717, 1.165) is 10.9 Å². The van der Waals surface area contributed by atoms with Crippen LogP contribution in [-0.4, -0.2) is 89.3 Å². The minimum absolute atomic E-state index is 0.00895. The van der Waals surface area contributed by atoms with Gasteiger partial charge in [-0.1, -0.05) is 25.1 Å². The Morgan fingerprint density at radius 3 is 2.55 bits per heavy atom. The summed E-state index contributed by atoms with van der Waals surface area (Å²) in [6, 6.07) is 9.38. The fourth-order valence-electron chi connectivity index (χ4n) is 4.43. The topological polar surface area (TPSA) is 85.8 Å². The van der Waals surface area contributed by atoms with E-state index >= 15 is 0 Å². The molecule has 2 saturated heterocycles. The summed E-state index contributed by atoms with van der Waals surface area (Å²) in [4.78, 5) is 47.7. The van der Waals surface area contributed by atoms with Gasteiger partial charge in [-0.25, -0.2) is 0 Å². The summed E-state index contributed by atoms with van der Waals surface area (Å²) in [7, 11) is 1.92. The molecule has 2 atom stereocenters. The Morgan fingerprint density at radius 1 is 1.10 bits per heavy atom. The Kier molecular flexibility index (Phi) is 6.18. The van der Waals surface area contributed by atoms with Gasteiger partial charge in [0.2, 0.25) is 11.8 Å². The first-order chi connectivity index (χ1) is 15.0. The van der Waals surface area contributed by atoms with Crippen LogP contribution in [0.4, 0.5) is 0 Å². The summed E-state index contributed by atoms with van der Waals surface area (Å²) < 4.78 is 0. The Bertz CT molecular complexity index is 986. The molecule has 1 aromatic heterocycles. The number of hydrogen-bond acceptors (Lipinski definition) is 5. The first-order valence-electron chi connectivity index (χ1n) is 10.9. The van der Waals surface area contributed by atoms with Gasteiger partial charge in [0.15, 0.2) is 0 Å². The third kappa shape index (κ3) is 4.54. The fraction of sp³-hybridized carbons (Fsp3) is 0.478. The number of nitrogens with one attached hydrogen (secondary N) is 1. The van der Waals surface area contributed by atoms with E-state index in [0.29, 0.717) is 51.1 Å². The number of para-hydroxylation sites is 1. The van der Waals surface area contributed by atoms with E-state index in [-0.39, 0.29) is 29.8 Å². The van der Waals surface area contributed by atoms with Gasteiger partial charge in [0.1, 0.15) is 0 Å². The number of hydrogen-bond donors (Lipinski definition) is 1. The van der Waals surface area contributed by atoms with Crippen molar-refractivity contribution < 1.29 is 14.4 Å². The molecule has 3 heterocycles. The van der Waals surface area contributed by atoms with Crippen molar-refractivity contribution >= 4 is 28.6 Å². The largest absolute Gasteiger partial charge is 0.352 e. The number of nitrogens with zero attached hydrogens (tertiary/aromatic N) is 4. The van der Waals surface area contributed by atoms with Crippen LogP contribution in [0.3, 0.4) is 0 Å². The smallest absolute Gasteiger partial charge is 0.255 e. The Balaban J connectivity index is 1.34. The van der Waals surface area contributed by atoms with Crippen molar-refractivity contribution in [1.82, 2.24) is 25.0 Å². The highest BCUT2D eigenvalue weighted by atomic mass is 16.2. The lowest BCUT2D eigenvalue weighted by atomic mass is 10.1. The first kappa shape index (κ1) is 21.2. The van der Waals surface area contributed by atoms with Gasteiger partial charge >= 0.3 is 0 Å². The predicted octanol–water partition coefficient (Wildman–Crippen LogP) is 1.12. The van der Waals surface area contributed by atoms with Crippen LogP contribution in [0.2, 0.25) is 0 Å². The van der Waals surface area contributed by atoms with Crippen molar-refractivity contribution in [2.45, 2.75) is 31.8 Å². The van der Waals surface area contributed by atoms with E-state index in [1.165, 1.54) is 0 Å². The van der Waals surface area contributed by atoms with Crippen molar-refractivity contribution in [3.05, 3.63) is 42.1 Å². The highest BCUT2D eigenvalue weighted by molar-refractivity contribution is 5.97. The fourth-order valence-corrected chi connectivity index (χ4v) is 4.43. The zero-order valence-corrected chi connectivity index (χ0v) is 18.1. The molecule has 8 nitrogen and oxygen atoms in total. The molecule has 31 heavy (non-hydrogen) atoms. The number of carbonyl (C=O) groups excluding carboxylic acids is 3. The molecule has 2 aliphatic rings.